The molecule has 0 bridgehead atoms. The van der Waals surface area contributed by atoms with Gasteiger partial charge in [-0.25, -0.2) is 4.79 Å². The highest BCUT2D eigenvalue weighted by Crippen LogP contribution is 2.16. The second-order valence-electron chi connectivity index (χ2n) is 6.71. The minimum absolute atomic E-state index is 0.222. The van der Waals surface area contributed by atoms with Crippen LogP contribution in [0.1, 0.15) is 36.5 Å². The third-order valence-corrected chi connectivity index (χ3v) is 4.19. The standard InChI is InChI=1S/C22H27NO4/c1-16(2)19-10-8-18(9-11-19)12-13-23-21(24)14-27-22(25)15-26-20-7-5-4-6-17(20)3/h4-11,16H,12-15H2,1-3H3,(H,23,24). The first-order valence-electron chi connectivity index (χ1n) is 9.15. The maximum atomic E-state index is 11.8. The van der Waals surface area contributed by atoms with Crippen molar-refractivity contribution in [3.63, 3.8) is 0 Å². The number of para-hydroxylation sites is 1. The predicted octanol–water partition coefficient (Wildman–Crippen LogP) is 3.40. The number of nitrogens with one attached hydrogen (secondary N) is 1. The normalized spacial score (nSPS) is 10.5. The Kier molecular flexibility index (Phi) is 7.86. The smallest absolute Gasteiger partial charge is 0.344 e. The number of hydrogen-bond donors (Lipinski definition) is 1. The number of amides is 1. The van der Waals surface area contributed by atoms with Crippen molar-refractivity contribution in [2.75, 3.05) is 19.8 Å². The van der Waals surface area contributed by atoms with E-state index in [4.69, 9.17) is 9.47 Å². The Morgan fingerprint density at radius 3 is 2.37 bits per heavy atom. The third-order valence-electron chi connectivity index (χ3n) is 4.19. The molecule has 2 rings (SSSR count). The molecule has 0 atom stereocenters. The number of hydrogen-bond acceptors (Lipinski definition) is 4. The van der Waals surface area contributed by atoms with Crippen LogP contribution in [0.3, 0.4) is 0 Å². The van der Waals surface area contributed by atoms with Crippen LogP contribution < -0.4 is 10.1 Å². The van der Waals surface area contributed by atoms with Crippen molar-refractivity contribution in [1.82, 2.24) is 5.32 Å². The van der Waals surface area contributed by atoms with Gasteiger partial charge in [0.2, 0.25) is 0 Å². The molecule has 0 spiro atoms. The minimum Gasteiger partial charge on any atom is -0.482 e. The van der Waals surface area contributed by atoms with Crippen LogP contribution in [0, 0.1) is 6.92 Å². The molecule has 5 heteroatoms. The van der Waals surface area contributed by atoms with Gasteiger partial charge in [0.25, 0.3) is 5.91 Å². The Hall–Kier alpha value is -2.82. The fourth-order valence-electron chi connectivity index (χ4n) is 2.51. The fraction of sp³-hybridized carbons (Fsp3) is 0.364. The van der Waals surface area contributed by atoms with Crippen molar-refractivity contribution in [1.29, 1.82) is 0 Å². The fourth-order valence-corrected chi connectivity index (χ4v) is 2.51. The number of aryl methyl sites for hydroxylation is 1. The Bertz CT molecular complexity index is 753. The largest absolute Gasteiger partial charge is 0.482 e. The summed E-state index contributed by atoms with van der Waals surface area (Å²) in [7, 11) is 0. The van der Waals surface area contributed by atoms with Crippen LogP contribution in [0.2, 0.25) is 0 Å². The lowest BCUT2D eigenvalue weighted by Crippen LogP contribution is -2.31. The van der Waals surface area contributed by atoms with Gasteiger partial charge in [0, 0.05) is 6.54 Å². The van der Waals surface area contributed by atoms with Crippen LogP contribution in [-0.4, -0.2) is 31.6 Å². The average Bonchev–Trinajstić information content (AvgIpc) is 2.66. The van der Waals surface area contributed by atoms with Crippen LogP contribution >= 0.6 is 0 Å². The summed E-state index contributed by atoms with van der Waals surface area (Å²) in [6.07, 6.45) is 0.731. The topological polar surface area (TPSA) is 64.6 Å². The highest BCUT2D eigenvalue weighted by molar-refractivity contribution is 5.80. The van der Waals surface area contributed by atoms with Crippen molar-refractivity contribution in [2.45, 2.75) is 33.1 Å². The summed E-state index contributed by atoms with van der Waals surface area (Å²) in [6.45, 7) is 6.18. The van der Waals surface area contributed by atoms with E-state index >= 15 is 0 Å². The Balaban J connectivity index is 1.62. The molecule has 27 heavy (non-hydrogen) atoms. The van der Waals surface area contributed by atoms with Gasteiger partial charge in [-0.2, -0.15) is 0 Å². The van der Waals surface area contributed by atoms with Crippen LogP contribution in [0.25, 0.3) is 0 Å². The Morgan fingerprint density at radius 1 is 1.00 bits per heavy atom. The lowest BCUT2D eigenvalue weighted by molar-refractivity contribution is -0.150. The Morgan fingerprint density at radius 2 is 1.70 bits per heavy atom. The molecule has 1 amide bonds. The van der Waals surface area contributed by atoms with Crippen LogP contribution in [0.5, 0.6) is 5.75 Å². The maximum Gasteiger partial charge on any atom is 0.344 e. The molecule has 0 unspecified atom stereocenters. The molecule has 0 aliphatic rings. The van der Waals surface area contributed by atoms with Crippen molar-refractivity contribution < 1.29 is 19.1 Å². The molecule has 0 aliphatic heterocycles. The molecular formula is C22H27NO4. The SMILES string of the molecule is Cc1ccccc1OCC(=O)OCC(=O)NCCc1ccc(C(C)C)cc1. The van der Waals surface area contributed by atoms with E-state index in [1.54, 1.807) is 6.07 Å². The number of benzene rings is 2. The van der Waals surface area contributed by atoms with E-state index in [9.17, 15) is 9.59 Å². The number of ether oxygens (including phenoxy) is 2. The number of carbonyl (C=O) groups excluding carboxylic acids is 2. The first-order valence-corrected chi connectivity index (χ1v) is 9.15. The molecule has 0 fully saturated rings. The second kappa shape index (κ2) is 10.4. The summed E-state index contributed by atoms with van der Waals surface area (Å²) in [6, 6.07) is 15.8. The van der Waals surface area contributed by atoms with Crippen LogP contribution in [0.4, 0.5) is 0 Å². The van der Waals surface area contributed by atoms with Crippen molar-refractivity contribution >= 4 is 11.9 Å². The second-order valence-corrected chi connectivity index (χ2v) is 6.71. The van der Waals surface area contributed by atoms with Gasteiger partial charge < -0.3 is 14.8 Å². The number of esters is 1. The van der Waals surface area contributed by atoms with E-state index in [1.165, 1.54) is 5.56 Å². The quantitative estimate of drug-likeness (QED) is 0.688. The molecule has 0 aromatic heterocycles. The van der Waals surface area contributed by atoms with E-state index in [2.05, 4.69) is 43.4 Å². The molecule has 2 aromatic carbocycles. The van der Waals surface area contributed by atoms with Crippen molar-refractivity contribution in [2.24, 2.45) is 0 Å². The zero-order valence-electron chi connectivity index (χ0n) is 16.2. The molecule has 0 radical (unpaired) electrons. The summed E-state index contributed by atoms with van der Waals surface area (Å²) >= 11 is 0. The summed E-state index contributed by atoms with van der Waals surface area (Å²) < 4.78 is 10.3. The number of rotatable bonds is 9. The molecule has 2 aromatic rings. The Labute approximate surface area is 160 Å². The summed E-state index contributed by atoms with van der Waals surface area (Å²) in [4.78, 5) is 23.5. The lowest BCUT2D eigenvalue weighted by Gasteiger charge is -2.10. The highest BCUT2D eigenvalue weighted by atomic mass is 16.6. The van der Waals surface area contributed by atoms with Gasteiger partial charge in [-0.05, 0) is 42.0 Å². The molecule has 1 N–H and O–H groups in total. The van der Waals surface area contributed by atoms with E-state index in [0.29, 0.717) is 18.2 Å². The molecule has 144 valence electrons. The van der Waals surface area contributed by atoms with E-state index in [1.807, 2.05) is 25.1 Å². The first-order chi connectivity index (χ1) is 13.0. The summed E-state index contributed by atoms with van der Waals surface area (Å²) in [5, 5.41) is 2.75. The molecular weight excluding hydrogens is 342 g/mol. The van der Waals surface area contributed by atoms with E-state index in [-0.39, 0.29) is 19.1 Å². The molecule has 0 heterocycles. The van der Waals surface area contributed by atoms with E-state index < -0.39 is 5.97 Å². The average molecular weight is 369 g/mol. The van der Waals surface area contributed by atoms with Gasteiger partial charge in [-0.15, -0.1) is 0 Å². The van der Waals surface area contributed by atoms with Gasteiger partial charge in [0.15, 0.2) is 13.2 Å². The maximum absolute atomic E-state index is 11.8. The minimum atomic E-state index is -0.572. The monoisotopic (exact) mass is 369 g/mol. The zero-order chi connectivity index (χ0) is 19.6. The van der Waals surface area contributed by atoms with Crippen LogP contribution in [-0.2, 0) is 20.7 Å². The first kappa shape index (κ1) is 20.5. The van der Waals surface area contributed by atoms with Gasteiger partial charge in [0.05, 0.1) is 0 Å². The molecule has 0 aliphatic carbocycles. The summed E-state index contributed by atoms with van der Waals surface area (Å²) in [5.74, 6) is 0.237. The van der Waals surface area contributed by atoms with E-state index in [0.717, 1.165) is 17.5 Å². The zero-order valence-corrected chi connectivity index (χ0v) is 16.2. The summed E-state index contributed by atoms with van der Waals surface area (Å²) in [5.41, 5.74) is 3.38. The van der Waals surface area contributed by atoms with Gasteiger partial charge in [-0.3, -0.25) is 4.79 Å². The predicted molar refractivity (Wildman–Crippen MR) is 105 cm³/mol. The van der Waals surface area contributed by atoms with Crippen molar-refractivity contribution in [3.8, 4) is 5.75 Å². The molecule has 5 nitrogen and oxygen atoms in total. The van der Waals surface area contributed by atoms with Crippen LogP contribution in [0.15, 0.2) is 48.5 Å². The third kappa shape index (κ3) is 7.13. The number of carbonyl (C=O) groups is 2. The van der Waals surface area contributed by atoms with Gasteiger partial charge in [-0.1, -0.05) is 56.3 Å². The molecule has 0 saturated heterocycles. The molecule has 0 saturated carbocycles. The van der Waals surface area contributed by atoms with Gasteiger partial charge >= 0.3 is 5.97 Å². The lowest BCUT2D eigenvalue weighted by atomic mass is 10.0. The van der Waals surface area contributed by atoms with Crippen molar-refractivity contribution in [3.05, 3.63) is 65.2 Å². The highest BCUT2D eigenvalue weighted by Gasteiger charge is 2.09. The van der Waals surface area contributed by atoms with Gasteiger partial charge in [0.1, 0.15) is 5.75 Å².